The van der Waals surface area contributed by atoms with Crippen molar-refractivity contribution < 1.29 is 18.4 Å². The maximum Gasteiger partial charge on any atom is 0.254 e. The fraction of sp³-hybridized carbons (Fsp3) is 0.188. The van der Waals surface area contributed by atoms with E-state index >= 15 is 0 Å². The summed E-state index contributed by atoms with van der Waals surface area (Å²) in [5.74, 6) is -3.13. The molecule has 1 aromatic carbocycles. The van der Waals surface area contributed by atoms with Crippen molar-refractivity contribution in [2.24, 2.45) is 5.92 Å². The fourth-order valence-electron chi connectivity index (χ4n) is 2.32. The molecule has 0 atom stereocenters. The van der Waals surface area contributed by atoms with Crippen molar-refractivity contribution >= 4 is 29.1 Å². The van der Waals surface area contributed by atoms with Crippen LogP contribution in [0.5, 0.6) is 0 Å². The zero-order valence-corrected chi connectivity index (χ0v) is 13.1. The van der Waals surface area contributed by atoms with Crippen LogP contribution in [0.25, 0.3) is 0 Å². The minimum absolute atomic E-state index is 0.0506. The molecular weight excluding hydrogens is 340 g/mol. The molecule has 124 valence electrons. The molecule has 1 saturated heterocycles. The van der Waals surface area contributed by atoms with Crippen molar-refractivity contribution in [1.29, 1.82) is 0 Å². The summed E-state index contributed by atoms with van der Waals surface area (Å²) >= 11 is 5.66. The lowest BCUT2D eigenvalue weighted by molar-refractivity contribution is -0.123. The zero-order chi connectivity index (χ0) is 17.3. The topological polar surface area (TPSA) is 62.3 Å². The molecule has 24 heavy (non-hydrogen) atoms. The second-order valence-corrected chi connectivity index (χ2v) is 5.78. The van der Waals surface area contributed by atoms with Gasteiger partial charge in [0.1, 0.15) is 5.15 Å². The number of carbonyl (C=O) groups is 2. The van der Waals surface area contributed by atoms with Crippen LogP contribution in [-0.4, -0.2) is 34.8 Å². The highest BCUT2D eigenvalue weighted by Crippen LogP contribution is 2.21. The van der Waals surface area contributed by atoms with E-state index in [1.54, 1.807) is 12.1 Å². The second-order valence-electron chi connectivity index (χ2n) is 5.39. The standard InChI is InChI=1S/C16H12ClF2N3O2/c17-14-4-2-11(6-20-14)21-15(23)10-7-22(8-10)16(24)9-1-3-12(18)13(19)5-9/h1-6,10H,7-8H2,(H,21,23). The van der Waals surface area contributed by atoms with E-state index in [1.165, 1.54) is 17.2 Å². The van der Waals surface area contributed by atoms with Gasteiger partial charge in [0.25, 0.3) is 5.91 Å². The number of halogens is 3. The molecule has 0 radical (unpaired) electrons. The predicted molar refractivity (Wildman–Crippen MR) is 83.6 cm³/mol. The number of likely N-dealkylation sites (tertiary alicyclic amines) is 1. The van der Waals surface area contributed by atoms with Crippen LogP contribution in [-0.2, 0) is 4.79 Å². The van der Waals surface area contributed by atoms with E-state index in [0.29, 0.717) is 10.8 Å². The highest BCUT2D eigenvalue weighted by Gasteiger charge is 2.36. The van der Waals surface area contributed by atoms with Crippen LogP contribution < -0.4 is 5.32 Å². The number of rotatable bonds is 3. The number of hydrogen-bond acceptors (Lipinski definition) is 3. The first-order valence-corrected chi connectivity index (χ1v) is 7.48. The van der Waals surface area contributed by atoms with Gasteiger partial charge in [-0.3, -0.25) is 9.59 Å². The van der Waals surface area contributed by atoms with Gasteiger partial charge in [-0.25, -0.2) is 13.8 Å². The van der Waals surface area contributed by atoms with Gasteiger partial charge in [0, 0.05) is 18.7 Å². The Morgan fingerprint density at radius 1 is 1.17 bits per heavy atom. The minimum Gasteiger partial charge on any atom is -0.337 e. The van der Waals surface area contributed by atoms with Crippen LogP contribution in [0.1, 0.15) is 10.4 Å². The zero-order valence-electron chi connectivity index (χ0n) is 12.3. The number of nitrogens with one attached hydrogen (secondary N) is 1. The van der Waals surface area contributed by atoms with Crippen LogP contribution in [0.3, 0.4) is 0 Å². The first kappa shape index (κ1) is 16.3. The summed E-state index contributed by atoms with van der Waals surface area (Å²) in [6.45, 7) is 0.426. The molecule has 1 fully saturated rings. The molecule has 0 spiro atoms. The van der Waals surface area contributed by atoms with Gasteiger partial charge in [-0.2, -0.15) is 0 Å². The molecule has 1 N–H and O–H groups in total. The van der Waals surface area contributed by atoms with Crippen molar-refractivity contribution in [3.8, 4) is 0 Å². The van der Waals surface area contributed by atoms with Gasteiger partial charge in [-0.15, -0.1) is 0 Å². The summed E-state index contributed by atoms with van der Waals surface area (Å²) < 4.78 is 26.1. The third kappa shape index (κ3) is 3.35. The van der Waals surface area contributed by atoms with Crippen LogP contribution >= 0.6 is 11.6 Å². The Kier molecular flexibility index (Phi) is 4.44. The summed E-state index contributed by atoms with van der Waals surface area (Å²) in [5.41, 5.74) is 0.560. The smallest absolute Gasteiger partial charge is 0.254 e. The van der Waals surface area contributed by atoms with Gasteiger partial charge < -0.3 is 10.2 Å². The van der Waals surface area contributed by atoms with E-state index in [-0.39, 0.29) is 30.5 Å². The maximum atomic E-state index is 13.2. The molecule has 1 aliphatic heterocycles. The summed E-state index contributed by atoms with van der Waals surface area (Å²) in [4.78, 5) is 29.5. The SMILES string of the molecule is O=C(Nc1ccc(Cl)nc1)C1CN(C(=O)c2ccc(F)c(F)c2)C1. The van der Waals surface area contributed by atoms with Crippen molar-refractivity contribution in [1.82, 2.24) is 9.88 Å². The number of carbonyl (C=O) groups excluding carboxylic acids is 2. The lowest BCUT2D eigenvalue weighted by Crippen LogP contribution is -2.54. The number of benzene rings is 1. The van der Waals surface area contributed by atoms with Crippen LogP contribution in [0.15, 0.2) is 36.5 Å². The third-order valence-corrected chi connectivity index (χ3v) is 3.92. The molecule has 0 bridgehead atoms. The second kappa shape index (κ2) is 6.52. The molecule has 0 unspecified atom stereocenters. The van der Waals surface area contributed by atoms with E-state index < -0.39 is 17.5 Å². The van der Waals surface area contributed by atoms with E-state index in [0.717, 1.165) is 12.1 Å². The van der Waals surface area contributed by atoms with Crippen LogP contribution in [0, 0.1) is 17.6 Å². The third-order valence-electron chi connectivity index (χ3n) is 3.70. The first-order chi connectivity index (χ1) is 11.4. The van der Waals surface area contributed by atoms with E-state index in [4.69, 9.17) is 11.6 Å². The molecule has 2 aromatic rings. The fourth-order valence-corrected chi connectivity index (χ4v) is 2.43. The maximum absolute atomic E-state index is 13.2. The monoisotopic (exact) mass is 351 g/mol. The minimum atomic E-state index is -1.08. The van der Waals surface area contributed by atoms with Crippen molar-refractivity contribution in [3.63, 3.8) is 0 Å². The molecule has 0 saturated carbocycles. The van der Waals surface area contributed by atoms with Gasteiger partial charge in [0.05, 0.1) is 17.8 Å². The lowest BCUT2D eigenvalue weighted by Gasteiger charge is -2.38. The Labute approximate surface area is 141 Å². The van der Waals surface area contributed by atoms with Gasteiger partial charge in [0.15, 0.2) is 11.6 Å². The molecule has 8 heteroatoms. The van der Waals surface area contributed by atoms with E-state index in [9.17, 15) is 18.4 Å². The van der Waals surface area contributed by atoms with Gasteiger partial charge >= 0.3 is 0 Å². The lowest BCUT2D eigenvalue weighted by atomic mass is 9.97. The average Bonchev–Trinajstić information content (AvgIpc) is 2.50. The number of nitrogens with zero attached hydrogens (tertiary/aromatic N) is 2. The molecule has 2 amide bonds. The largest absolute Gasteiger partial charge is 0.337 e. The summed E-state index contributed by atoms with van der Waals surface area (Å²) in [7, 11) is 0. The van der Waals surface area contributed by atoms with Crippen LogP contribution in [0.2, 0.25) is 5.15 Å². The number of pyridine rings is 1. The van der Waals surface area contributed by atoms with Gasteiger partial charge in [0.2, 0.25) is 5.91 Å². The quantitative estimate of drug-likeness (QED) is 0.865. The Morgan fingerprint density at radius 3 is 2.54 bits per heavy atom. The predicted octanol–water partition coefficient (Wildman–Crippen LogP) is 2.72. The molecule has 5 nitrogen and oxygen atoms in total. The highest BCUT2D eigenvalue weighted by atomic mass is 35.5. The summed E-state index contributed by atoms with van der Waals surface area (Å²) in [5, 5.41) is 3.00. The molecule has 0 aliphatic carbocycles. The highest BCUT2D eigenvalue weighted by molar-refractivity contribution is 6.29. The Hall–Kier alpha value is -2.54. The summed E-state index contributed by atoms with van der Waals surface area (Å²) in [6, 6.07) is 6.14. The number of hydrogen-bond donors (Lipinski definition) is 1. The first-order valence-electron chi connectivity index (χ1n) is 7.11. The van der Waals surface area contributed by atoms with E-state index in [2.05, 4.69) is 10.3 Å². The van der Waals surface area contributed by atoms with Gasteiger partial charge in [-0.05, 0) is 30.3 Å². The average molecular weight is 352 g/mol. The number of aromatic nitrogens is 1. The molecule has 1 aliphatic rings. The van der Waals surface area contributed by atoms with Crippen LogP contribution in [0.4, 0.5) is 14.5 Å². The molecule has 3 rings (SSSR count). The van der Waals surface area contributed by atoms with E-state index in [1.807, 2.05) is 0 Å². The number of amides is 2. The normalized spacial score (nSPS) is 14.2. The molecular formula is C16H12ClF2N3O2. The molecule has 1 aromatic heterocycles. The Morgan fingerprint density at radius 2 is 1.92 bits per heavy atom. The molecule has 2 heterocycles. The van der Waals surface area contributed by atoms with Crippen molar-refractivity contribution in [3.05, 3.63) is 58.9 Å². The van der Waals surface area contributed by atoms with Crippen molar-refractivity contribution in [2.75, 3.05) is 18.4 Å². The summed E-state index contributed by atoms with van der Waals surface area (Å²) in [6.07, 6.45) is 1.43. The van der Waals surface area contributed by atoms with Gasteiger partial charge in [-0.1, -0.05) is 11.6 Å². The number of anilines is 1. The Bertz CT molecular complexity index is 792. The van der Waals surface area contributed by atoms with Crippen molar-refractivity contribution in [2.45, 2.75) is 0 Å². The Balaban J connectivity index is 1.56.